The van der Waals surface area contributed by atoms with Crippen LogP contribution in [0.4, 0.5) is 13.2 Å². The molecule has 288 valence electrons. The van der Waals surface area contributed by atoms with Crippen molar-refractivity contribution in [2.75, 3.05) is 39.5 Å². The van der Waals surface area contributed by atoms with Gasteiger partial charge in [0, 0.05) is 19.2 Å². The Hall–Kier alpha value is -3.29. The predicted octanol–water partition coefficient (Wildman–Crippen LogP) is 1.34. The monoisotopic (exact) mass is 732 g/mol. The molecule has 1 saturated heterocycles. The van der Waals surface area contributed by atoms with Crippen molar-refractivity contribution in [3.05, 3.63) is 29.1 Å². The summed E-state index contributed by atoms with van der Waals surface area (Å²) in [7, 11) is -1.49. The van der Waals surface area contributed by atoms with Crippen molar-refractivity contribution in [2.45, 2.75) is 92.1 Å². The highest BCUT2D eigenvalue weighted by molar-refractivity contribution is 6.62. The van der Waals surface area contributed by atoms with Gasteiger partial charge in [-0.25, -0.2) is 18.7 Å². The molecule has 2 rings (SSSR count). The quantitative estimate of drug-likeness (QED) is 0.0556. The van der Waals surface area contributed by atoms with Crippen LogP contribution in [-0.2, 0) is 33.2 Å². The van der Waals surface area contributed by atoms with Crippen LogP contribution in [0.15, 0.2) is 6.07 Å². The Kier molecular flexibility index (Phi) is 15.9. The molecule has 0 unspecified atom stereocenters. The van der Waals surface area contributed by atoms with Crippen LogP contribution < -0.4 is 26.9 Å². The van der Waals surface area contributed by atoms with Crippen molar-refractivity contribution in [2.24, 2.45) is 17.3 Å². The highest BCUT2D eigenvalue weighted by Gasteiger charge is 2.54. The second kappa shape index (κ2) is 18.5. The highest BCUT2D eigenvalue weighted by Crippen LogP contribution is 2.37. The van der Waals surface area contributed by atoms with E-state index < -0.39 is 93.9 Å². The molecular weight excluding hydrogens is 680 g/mol. The van der Waals surface area contributed by atoms with E-state index in [-0.39, 0.29) is 51.9 Å². The molecule has 18 heteroatoms. The fourth-order valence-electron chi connectivity index (χ4n) is 5.05. The van der Waals surface area contributed by atoms with Crippen molar-refractivity contribution in [1.82, 2.24) is 21.4 Å². The number of carbonyl (C=O) groups is 4. The minimum absolute atomic E-state index is 0.0419. The van der Waals surface area contributed by atoms with Gasteiger partial charge in [0.05, 0.1) is 49.0 Å². The fourth-order valence-corrected chi connectivity index (χ4v) is 5.05. The van der Waals surface area contributed by atoms with Crippen LogP contribution in [0.25, 0.3) is 0 Å². The normalized spacial score (nSPS) is 17.1. The lowest BCUT2D eigenvalue weighted by atomic mass is 9.77. The zero-order chi connectivity index (χ0) is 38.9. The number of carbonyl (C=O) groups excluding carboxylic acids is 4. The average Bonchev–Trinajstić information content (AvgIpc) is 3.22. The first kappa shape index (κ1) is 43.9. The lowest BCUT2D eigenvalue weighted by Gasteiger charge is -2.32. The first-order valence-corrected chi connectivity index (χ1v) is 16.7. The van der Waals surface area contributed by atoms with Crippen LogP contribution in [0.2, 0.25) is 0 Å². The second-order valence-corrected chi connectivity index (χ2v) is 14.8. The summed E-state index contributed by atoms with van der Waals surface area (Å²) < 4.78 is 66.6. The predicted molar refractivity (Wildman–Crippen MR) is 179 cm³/mol. The summed E-state index contributed by atoms with van der Waals surface area (Å²) in [6.45, 7) is 15.7. The Morgan fingerprint density at radius 3 is 1.88 bits per heavy atom. The third-order valence-corrected chi connectivity index (χ3v) is 8.61. The molecule has 1 fully saturated rings. The third kappa shape index (κ3) is 11.9. The summed E-state index contributed by atoms with van der Waals surface area (Å²) >= 11 is 0. The van der Waals surface area contributed by atoms with E-state index in [9.17, 15) is 33.1 Å². The Bertz CT molecular complexity index is 1380. The summed E-state index contributed by atoms with van der Waals surface area (Å²) in [5, 5.41) is 26.8. The summed E-state index contributed by atoms with van der Waals surface area (Å²) in [5.41, 5.74) is -2.95. The number of benzene rings is 1. The summed E-state index contributed by atoms with van der Waals surface area (Å²) in [5.74, 6) is -8.86. The Labute approximate surface area is 297 Å². The van der Waals surface area contributed by atoms with E-state index in [1.54, 1.807) is 62.3 Å². The van der Waals surface area contributed by atoms with Crippen molar-refractivity contribution in [1.29, 1.82) is 0 Å². The van der Waals surface area contributed by atoms with Gasteiger partial charge in [0.15, 0.2) is 0 Å². The van der Waals surface area contributed by atoms with Gasteiger partial charge < -0.3 is 39.8 Å². The van der Waals surface area contributed by atoms with Crippen molar-refractivity contribution < 1.29 is 61.4 Å². The second-order valence-electron chi connectivity index (χ2n) is 14.8. The van der Waals surface area contributed by atoms with Gasteiger partial charge >= 0.3 is 7.12 Å². The van der Waals surface area contributed by atoms with Crippen LogP contribution >= 0.6 is 0 Å². The van der Waals surface area contributed by atoms with Gasteiger partial charge in [-0.05, 0) is 45.4 Å². The van der Waals surface area contributed by atoms with Gasteiger partial charge in [-0.15, -0.1) is 0 Å². The molecule has 0 bridgehead atoms. The van der Waals surface area contributed by atoms with Crippen LogP contribution in [0.5, 0.6) is 0 Å². The number of amides is 4. The number of halogens is 3. The van der Waals surface area contributed by atoms with Gasteiger partial charge in [0.25, 0.3) is 11.8 Å². The molecule has 1 aliphatic heterocycles. The van der Waals surface area contributed by atoms with E-state index >= 15 is 4.39 Å². The minimum atomic E-state index is -1.82. The molecule has 0 radical (unpaired) electrons. The average molecular weight is 733 g/mol. The molecule has 51 heavy (non-hydrogen) atoms. The third-order valence-electron chi connectivity index (χ3n) is 8.61. The molecule has 4 amide bonds. The molecule has 1 aromatic rings. The van der Waals surface area contributed by atoms with E-state index in [2.05, 4.69) is 16.0 Å². The number of ether oxygens (including phenoxy) is 2. The molecule has 0 saturated carbocycles. The maximum Gasteiger partial charge on any atom is 0.500 e. The van der Waals surface area contributed by atoms with Crippen LogP contribution in [0.1, 0.15) is 79.1 Å². The lowest BCUT2D eigenvalue weighted by Crippen LogP contribution is -2.57. The van der Waals surface area contributed by atoms with E-state index in [1.165, 1.54) is 5.48 Å². The summed E-state index contributed by atoms with van der Waals surface area (Å²) in [6, 6.07) is -0.625. The summed E-state index contributed by atoms with van der Waals surface area (Å²) in [6.07, 6.45) is -1.70. The van der Waals surface area contributed by atoms with E-state index in [4.69, 9.17) is 24.0 Å². The molecule has 0 aliphatic carbocycles. The molecule has 1 aliphatic rings. The first-order chi connectivity index (χ1) is 23.6. The zero-order valence-electron chi connectivity index (χ0n) is 30.7. The fraction of sp³-hybridized carbons (Fsp3) is 0.697. The topological polar surface area (TPSA) is 194 Å². The molecule has 6 N–H and O–H groups in total. The number of hydrogen-bond donors (Lipinski definition) is 6. The number of nitrogens with one attached hydrogen (secondary N) is 4. The Balaban J connectivity index is 1.79. The van der Waals surface area contributed by atoms with Gasteiger partial charge in [-0.3, -0.25) is 24.4 Å². The smallest absolute Gasteiger partial charge is 0.399 e. The molecule has 14 nitrogen and oxygen atoms in total. The van der Waals surface area contributed by atoms with Gasteiger partial charge in [0.2, 0.25) is 11.8 Å². The number of rotatable bonds is 18. The van der Waals surface area contributed by atoms with Crippen LogP contribution in [-0.4, -0.2) is 104 Å². The lowest BCUT2D eigenvalue weighted by molar-refractivity contribution is -0.147. The molecule has 3 atom stereocenters. The van der Waals surface area contributed by atoms with Crippen LogP contribution in [0, 0.1) is 34.7 Å². The van der Waals surface area contributed by atoms with Crippen LogP contribution in [0.3, 0.4) is 0 Å². The Morgan fingerprint density at radius 2 is 1.39 bits per heavy atom. The van der Waals surface area contributed by atoms with Crippen molar-refractivity contribution >= 4 is 36.2 Å². The molecule has 1 aromatic carbocycles. The molecule has 0 aromatic heterocycles. The maximum atomic E-state index is 15.3. The minimum Gasteiger partial charge on any atom is -0.399 e. The molecular formula is C33H52BF3N4O10. The van der Waals surface area contributed by atoms with Crippen molar-refractivity contribution in [3.8, 4) is 0 Å². The summed E-state index contributed by atoms with van der Waals surface area (Å²) in [4.78, 5) is 50.5. The van der Waals surface area contributed by atoms with Gasteiger partial charge in [0.1, 0.15) is 35.2 Å². The SMILES string of the molecule is CC(C)C[C@H](C(=O)N[C@@H](C(=O)NCCOCCOCCNC(=O)c1c(F)cc(F)c(B2OC(C)(C)C(C)(C)O2)c1F)C(C)(C)C)[C@@H](O)C(=O)NO. The van der Waals surface area contributed by atoms with Gasteiger partial charge in [-0.2, -0.15) is 0 Å². The standard InChI is InChI=1S/C33H52BF3N4O10/c1-18(2)16-19(25(42)29(45)41-47)27(43)40-26(31(3,4)5)30(46)39-11-13-49-15-14-48-12-10-38-28(44)22-20(35)17-21(36)23(24(22)37)34-50-32(6,7)33(8,9)51-34/h17-19,25-26,42,47H,10-16H2,1-9H3,(H,38,44)(H,39,46)(H,40,43)(H,41,45)/t19-,25+,26-/m0/s1. The van der Waals surface area contributed by atoms with E-state index in [0.717, 1.165) is 0 Å². The number of hydroxylamine groups is 1. The number of hydrogen-bond acceptors (Lipinski definition) is 10. The number of aliphatic hydroxyl groups is 1. The van der Waals surface area contributed by atoms with Gasteiger partial charge in [-0.1, -0.05) is 34.6 Å². The number of aliphatic hydroxyl groups excluding tert-OH is 1. The Morgan fingerprint density at radius 1 is 0.863 bits per heavy atom. The molecule has 0 spiro atoms. The largest absolute Gasteiger partial charge is 0.500 e. The van der Waals surface area contributed by atoms with Crippen molar-refractivity contribution in [3.63, 3.8) is 0 Å². The van der Waals surface area contributed by atoms with E-state index in [1.807, 2.05) is 0 Å². The highest BCUT2D eigenvalue weighted by atomic mass is 19.1. The van der Waals surface area contributed by atoms with E-state index in [0.29, 0.717) is 6.07 Å². The first-order valence-electron chi connectivity index (χ1n) is 16.7. The maximum absolute atomic E-state index is 15.3. The zero-order valence-corrected chi connectivity index (χ0v) is 30.7. The molecule has 1 heterocycles.